The van der Waals surface area contributed by atoms with E-state index in [0.29, 0.717) is 12.8 Å². The molecule has 0 rings (SSSR count). The minimum atomic E-state index is -1.13. The Bertz CT molecular complexity index is 757. The fraction of sp³-hybridized carbons (Fsp3) is 0.794. The zero-order valence-corrected chi connectivity index (χ0v) is 27.4. The van der Waals surface area contributed by atoms with Gasteiger partial charge < -0.3 is 28.6 Å². The minimum absolute atomic E-state index is 0.0361. The summed E-state index contributed by atoms with van der Waals surface area (Å²) in [6.07, 6.45) is 23.8. The molecule has 0 N–H and O–H groups in total. The van der Waals surface area contributed by atoms with Crippen LogP contribution in [-0.4, -0.2) is 75.5 Å². The monoisotopic (exact) mass is 595 g/mol. The molecule has 0 bridgehead atoms. The van der Waals surface area contributed by atoms with Crippen molar-refractivity contribution in [3.05, 3.63) is 24.3 Å². The number of carboxylic acids is 1. The Morgan fingerprint density at radius 3 is 1.93 bits per heavy atom. The van der Waals surface area contributed by atoms with Crippen LogP contribution in [0.25, 0.3) is 0 Å². The largest absolute Gasteiger partial charge is 0.544 e. The number of ether oxygens (including phenoxy) is 3. The predicted octanol–water partition coefficient (Wildman–Crippen LogP) is 6.07. The summed E-state index contributed by atoms with van der Waals surface area (Å²) in [4.78, 5) is 36.2. The molecule has 8 heteroatoms. The number of aliphatic carboxylic acids is 1. The lowest BCUT2D eigenvalue weighted by Gasteiger charge is -2.34. The van der Waals surface area contributed by atoms with Crippen molar-refractivity contribution in [2.45, 2.75) is 135 Å². The van der Waals surface area contributed by atoms with Gasteiger partial charge in [0.2, 0.25) is 0 Å². The SMILES string of the molecule is CCC/C=C\C/C=C\CCCCCCCC(=O)OC(COCCC(C(=O)[O-])[N+](C)(C)C)COC(=O)CCCCCCC. The van der Waals surface area contributed by atoms with Crippen LogP contribution in [0.2, 0.25) is 0 Å². The van der Waals surface area contributed by atoms with E-state index in [4.69, 9.17) is 14.2 Å². The molecule has 0 saturated carbocycles. The topological polar surface area (TPSA) is 102 Å². The number of allylic oxidation sites excluding steroid dienone is 4. The third kappa shape index (κ3) is 24.4. The third-order valence-corrected chi connectivity index (χ3v) is 7.07. The van der Waals surface area contributed by atoms with Crippen molar-refractivity contribution >= 4 is 17.9 Å². The summed E-state index contributed by atoms with van der Waals surface area (Å²) in [5, 5.41) is 11.5. The Kier molecular flexibility index (Phi) is 25.1. The number of nitrogens with zero attached hydrogens (tertiary/aromatic N) is 1. The van der Waals surface area contributed by atoms with Gasteiger partial charge in [0.05, 0.1) is 40.3 Å². The molecule has 0 spiro atoms. The first-order valence-electron chi connectivity index (χ1n) is 16.4. The molecular formula is C34H61NO7. The molecule has 0 aromatic carbocycles. The number of carbonyl (C=O) groups excluding carboxylic acids is 3. The molecule has 0 radical (unpaired) electrons. The van der Waals surface area contributed by atoms with E-state index in [1.165, 1.54) is 6.42 Å². The Labute approximate surface area is 256 Å². The molecule has 0 aliphatic heterocycles. The Balaban J connectivity index is 4.45. The molecule has 0 aromatic rings. The normalized spacial score (nSPS) is 13.5. The first-order valence-corrected chi connectivity index (χ1v) is 16.4. The molecule has 0 amide bonds. The maximum atomic E-state index is 12.5. The number of quaternary nitrogens is 1. The predicted molar refractivity (Wildman–Crippen MR) is 167 cm³/mol. The molecule has 0 aliphatic rings. The van der Waals surface area contributed by atoms with Crippen LogP contribution >= 0.6 is 0 Å². The van der Waals surface area contributed by atoms with Crippen molar-refractivity contribution in [3.63, 3.8) is 0 Å². The molecule has 244 valence electrons. The van der Waals surface area contributed by atoms with E-state index in [2.05, 4.69) is 38.2 Å². The van der Waals surface area contributed by atoms with E-state index in [1.807, 2.05) is 0 Å². The van der Waals surface area contributed by atoms with Crippen molar-refractivity contribution in [2.24, 2.45) is 0 Å². The Morgan fingerprint density at radius 2 is 1.31 bits per heavy atom. The Morgan fingerprint density at radius 1 is 0.714 bits per heavy atom. The van der Waals surface area contributed by atoms with E-state index >= 15 is 0 Å². The number of esters is 2. The van der Waals surface area contributed by atoms with Gasteiger partial charge in [-0.3, -0.25) is 9.59 Å². The maximum Gasteiger partial charge on any atom is 0.306 e. The van der Waals surface area contributed by atoms with Crippen molar-refractivity contribution in [3.8, 4) is 0 Å². The van der Waals surface area contributed by atoms with Gasteiger partial charge in [0, 0.05) is 19.3 Å². The van der Waals surface area contributed by atoms with Crippen molar-refractivity contribution in [2.75, 3.05) is 41.0 Å². The number of carbonyl (C=O) groups is 3. The molecule has 0 aromatic heterocycles. The average molecular weight is 596 g/mol. The minimum Gasteiger partial charge on any atom is -0.544 e. The summed E-state index contributed by atoms with van der Waals surface area (Å²) in [5.74, 6) is -1.77. The highest BCUT2D eigenvalue weighted by Gasteiger charge is 2.25. The number of carboxylic acid groups (broad SMARTS) is 1. The van der Waals surface area contributed by atoms with E-state index in [-0.39, 0.29) is 42.7 Å². The van der Waals surface area contributed by atoms with Gasteiger partial charge in [-0.1, -0.05) is 89.5 Å². The van der Waals surface area contributed by atoms with Gasteiger partial charge in [0.1, 0.15) is 12.6 Å². The molecule has 42 heavy (non-hydrogen) atoms. The molecule has 0 aliphatic carbocycles. The molecule has 0 fully saturated rings. The number of hydrogen-bond acceptors (Lipinski definition) is 7. The van der Waals surface area contributed by atoms with E-state index in [0.717, 1.165) is 83.5 Å². The van der Waals surface area contributed by atoms with Crippen molar-refractivity contribution in [1.29, 1.82) is 0 Å². The van der Waals surface area contributed by atoms with Gasteiger partial charge in [-0.25, -0.2) is 0 Å². The highest BCUT2D eigenvalue weighted by atomic mass is 16.6. The van der Waals surface area contributed by atoms with Gasteiger partial charge >= 0.3 is 11.9 Å². The van der Waals surface area contributed by atoms with Crippen molar-refractivity contribution in [1.82, 2.24) is 0 Å². The molecule has 2 unspecified atom stereocenters. The summed E-state index contributed by atoms with van der Waals surface area (Å²) in [6, 6.07) is -0.722. The zero-order valence-electron chi connectivity index (χ0n) is 27.4. The fourth-order valence-corrected chi connectivity index (χ4v) is 4.46. The summed E-state index contributed by atoms with van der Waals surface area (Å²) < 4.78 is 16.9. The highest BCUT2D eigenvalue weighted by molar-refractivity contribution is 5.70. The van der Waals surface area contributed by atoms with Gasteiger partial charge in [0.25, 0.3) is 0 Å². The highest BCUT2D eigenvalue weighted by Crippen LogP contribution is 2.12. The summed E-state index contributed by atoms with van der Waals surface area (Å²) in [7, 11) is 5.37. The van der Waals surface area contributed by atoms with Crippen LogP contribution < -0.4 is 5.11 Å². The number of rotatable bonds is 28. The van der Waals surface area contributed by atoms with Gasteiger partial charge in [-0.15, -0.1) is 0 Å². The molecule has 2 atom stereocenters. The second-order valence-corrected chi connectivity index (χ2v) is 12.0. The summed E-state index contributed by atoms with van der Waals surface area (Å²) in [6.45, 7) is 4.46. The summed E-state index contributed by atoms with van der Waals surface area (Å²) in [5.41, 5.74) is 0. The number of hydrogen-bond donors (Lipinski definition) is 0. The lowest BCUT2D eigenvalue weighted by Crippen LogP contribution is -2.55. The van der Waals surface area contributed by atoms with E-state index in [1.54, 1.807) is 21.1 Å². The fourth-order valence-electron chi connectivity index (χ4n) is 4.46. The average Bonchev–Trinajstić information content (AvgIpc) is 2.92. The second kappa shape index (κ2) is 26.4. The van der Waals surface area contributed by atoms with Crippen LogP contribution in [0.15, 0.2) is 24.3 Å². The van der Waals surface area contributed by atoms with Crippen LogP contribution in [0.4, 0.5) is 0 Å². The molecule has 8 nitrogen and oxygen atoms in total. The van der Waals surface area contributed by atoms with Gasteiger partial charge in [-0.2, -0.15) is 0 Å². The van der Waals surface area contributed by atoms with Crippen LogP contribution in [0.5, 0.6) is 0 Å². The zero-order chi connectivity index (χ0) is 31.5. The molecular weight excluding hydrogens is 534 g/mol. The molecule has 0 saturated heterocycles. The second-order valence-electron chi connectivity index (χ2n) is 12.0. The van der Waals surface area contributed by atoms with Gasteiger partial charge in [0.15, 0.2) is 6.10 Å². The quantitative estimate of drug-likeness (QED) is 0.0468. The molecule has 0 heterocycles. The van der Waals surface area contributed by atoms with Crippen molar-refractivity contribution < 1.29 is 38.2 Å². The van der Waals surface area contributed by atoms with Crippen LogP contribution in [0.3, 0.4) is 0 Å². The lowest BCUT2D eigenvalue weighted by atomic mass is 10.1. The Hall–Kier alpha value is -2.19. The van der Waals surface area contributed by atoms with Crippen LogP contribution in [0, 0.1) is 0 Å². The smallest absolute Gasteiger partial charge is 0.306 e. The van der Waals surface area contributed by atoms with Crippen LogP contribution in [-0.2, 0) is 28.6 Å². The standard InChI is InChI=1S/C34H61NO7/c1-6-8-10-12-13-14-15-16-17-18-19-21-23-25-33(37)42-30(29-41-32(36)24-22-20-11-9-7-2)28-40-27-26-31(34(38)39)35(3,4)5/h10,12,14-15,30-31H,6-9,11,13,16-29H2,1-5H3/b12-10-,15-14-. The number of unbranched alkanes of at least 4 members (excludes halogenated alkanes) is 10. The van der Waals surface area contributed by atoms with E-state index < -0.39 is 18.1 Å². The third-order valence-electron chi connectivity index (χ3n) is 7.07. The number of likely N-dealkylation sites (N-methyl/N-ethyl adjacent to an activating group) is 1. The first kappa shape index (κ1) is 39.8. The van der Waals surface area contributed by atoms with Crippen LogP contribution in [0.1, 0.15) is 123 Å². The lowest BCUT2D eigenvalue weighted by molar-refractivity contribution is -0.889. The van der Waals surface area contributed by atoms with Gasteiger partial charge in [-0.05, 0) is 38.5 Å². The maximum absolute atomic E-state index is 12.5. The first-order chi connectivity index (χ1) is 20.1. The van der Waals surface area contributed by atoms with E-state index in [9.17, 15) is 19.5 Å². The summed E-state index contributed by atoms with van der Waals surface area (Å²) >= 11 is 0.